The molecule has 10 rings (SSSR count). The maximum absolute atomic E-state index is 2.39. The Hall–Kier alpha value is -5.28. The average Bonchev–Trinajstić information content (AvgIpc) is 3.80. The van der Waals surface area contributed by atoms with E-state index < -0.39 is 0 Å². The molecule has 0 unspecified atom stereocenters. The summed E-state index contributed by atoms with van der Waals surface area (Å²) in [6, 6.07) is 58.5. The Morgan fingerprint density at radius 1 is 0.239 bits per heavy atom. The standard InChI is InChI=1S/C44H26S2/c1-3-10-29-24-38-31(22-27(29)8-1)16-17-36-34(38)14-7-15-37(36)41-18-20-43(45-41)44-21-19-42(46-44)40-26-32-23-28-9-2-4-11-30(28)25-39(32)33-12-5-6-13-35(33)40/h1-26H. The van der Waals surface area contributed by atoms with Crippen molar-refractivity contribution in [2.75, 3.05) is 0 Å². The van der Waals surface area contributed by atoms with Crippen LogP contribution in [0.25, 0.3) is 95.3 Å². The lowest BCUT2D eigenvalue weighted by Crippen LogP contribution is -1.83. The van der Waals surface area contributed by atoms with Gasteiger partial charge in [0.1, 0.15) is 0 Å². The monoisotopic (exact) mass is 618 g/mol. The highest BCUT2D eigenvalue weighted by molar-refractivity contribution is 7.25. The van der Waals surface area contributed by atoms with Gasteiger partial charge in [-0.1, -0.05) is 103 Å². The predicted octanol–water partition coefficient (Wildman–Crippen LogP) is 13.7. The summed E-state index contributed by atoms with van der Waals surface area (Å²) < 4.78 is 0. The normalized spacial score (nSPS) is 11.9. The maximum Gasteiger partial charge on any atom is 0.0449 e. The van der Waals surface area contributed by atoms with Crippen molar-refractivity contribution >= 4 is 87.3 Å². The van der Waals surface area contributed by atoms with Crippen molar-refractivity contribution in [1.82, 2.24) is 0 Å². The molecule has 0 saturated carbocycles. The Balaban J connectivity index is 1.07. The van der Waals surface area contributed by atoms with E-state index in [1.54, 1.807) is 0 Å². The molecule has 2 heteroatoms. The van der Waals surface area contributed by atoms with Crippen LogP contribution in [0.15, 0.2) is 158 Å². The largest absolute Gasteiger partial charge is 0.134 e. The van der Waals surface area contributed by atoms with E-state index in [-0.39, 0.29) is 0 Å². The van der Waals surface area contributed by atoms with Gasteiger partial charge < -0.3 is 0 Å². The van der Waals surface area contributed by atoms with Crippen LogP contribution in [0.1, 0.15) is 0 Å². The molecule has 10 aromatic rings. The lowest BCUT2D eigenvalue weighted by atomic mass is 9.94. The molecular formula is C44H26S2. The number of thiophene rings is 2. The highest BCUT2D eigenvalue weighted by atomic mass is 32.1. The van der Waals surface area contributed by atoms with Crippen LogP contribution in [0.5, 0.6) is 0 Å². The summed E-state index contributed by atoms with van der Waals surface area (Å²) in [6.07, 6.45) is 0. The van der Waals surface area contributed by atoms with E-state index in [1.807, 2.05) is 22.7 Å². The third kappa shape index (κ3) is 4.04. The molecule has 0 aliphatic heterocycles. The summed E-state index contributed by atoms with van der Waals surface area (Å²) in [7, 11) is 0. The first-order valence-electron chi connectivity index (χ1n) is 15.7. The van der Waals surface area contributed by atoms with Crippen molar-refractivity contribution in [2.45, 2.75) is 0 Å². The van der Waals surface area contributed by atoms with Crippen molar-refractivity contribution in [1.29, 1.82) is 0 Å². The van der Waals surface area contributed by atoms with Crippen molar-refractivity contribution in [2.24, 2.45) is 0 Å². The molecule has 214 valence electrons. The Labute approximate surface area is 274 Å². The van der Waals surface area contributed by atoms with Gasteiger partial charge in [0.25, 0.3) is 0 Å². The summed E-state index contributed by atoms with van der Waals surface area (Å²) in [5.41, 5.74) is 2.60. The van der Waals surface area contributed by atoms with Crippen LogP contribution in [0.3, 0.4) is 0 Å². The average molecular weight is 619 g/mol. The van der Waals surface area contributed by atoms with Crippen LogP contribution in [-0.4, -0.2) is 0 Å². The number of hydrogen-bond donors (Lipinski definition) is 0. The summed E-state index contributed by atoms with van der Waals surface area (Å²) >= 11 is 3.78. The first-order valence-corrected chi connectivity index (χ1v) is 17.3. The van der Waals surface area contributed by atoms with Crippen LogP contribution >= 0.6 is 22.7 Å². The molecular weight excluding hydrogens is 593 g/mol. The predicted molar refractivity (Wildman–Crippen MR) is 204 cm³/mol. The Bertz CT molecular complexity index is 2810. The smallest absolute Gasteiger partial charge is 0.0449 e. The topological polar surface area (TPSA) is 0 Å². The lowest BCUT2D eigenvalue weighted by Gasteiger charge is -2.11. The molecule has 0 spiro atoms. The van der Waals surface area contributed by atoms with Crippen molar-refractivity contribution in [3.8, 4) is 30.6 Å². The van der Waals surface area contributed by atoms with Gasteiger partial charge in [0.2, 0.25) is 0 Å². The number of hydrogen-bond acceptors (Lipinski definition) is 2. The van der Waals surface area contributed by atoms with Gasteiger partial charge >= 0.3 is 0 Å². The van der Waals surface area contributed by atoms with Gasteiger partial charge in [0, 0.05) is 25.1 Å². The minimum atomic E-state index is 1.28. The third-order valence-corrected chi connectivity index (χ3v) is 11.9. The van der Waals surface area contributed by atoms with Crippen molar-refractivity contribution in [3.05, 3.63) is 158 Å². The van der Waals surface area contributed by atoms with Gasteiger partial charge in [-0.05, 0) is 125 Å². The second kappa shape index (κ2) is 10.1. The molecule has 0 saturated heterocycles. The molecule has 0 amide bonds. The van der Waals surface area contributed by atoms with E-state index >= 15 is 0 Å². The molecule has 0 aliphatic carbocycles. The van der Waals surface area contributed by atoms with Crippen molar-refractivity contribution < 1.29 is 0 Å². The first kappa shape index (κ1) is 26.0. The fourth-order valence-electron chi connectivity index (χ4n) is 7.23. The summed E-state index contributed by atoms with van der Waals surface area (Å²) in [4.78, 5) is 5.23. The second-order valence-corrected chi connectivity index (χ2v) is 14.3. The molecule has 2 heterocycles. The molecule has 8 aromatic carbocycles. The van der Waals surface area contributed by atoms with Gasteiger partial charge in [-0.2, -0.15) is 0 Å². The lowest BCUT2D eigenvalue weighted by molar-refractivity contribution is 1.76. The minimum Gasteiger partial charge on any atom is -0.134 e. The SMILES string of the molecule is c1ccc2cc3c(ccc4c(-c5ccc(-c6ccc(-c7cc8cc9ccccc9cc8c8ccccc78)s6)s5)cccc43)cc2c1. The van der Waals surface area contributed by atoms with Gasteiger partial charge in [-0.3, -0.25) is 0 Å². The minimum absolute atomic E-state index is 1.28. The summed E-state index contributed by atoms with van der Waals surface area (Å²) in [6.45, 7) is 0. The van der Waals surface area contributed by atoms with E-state index in [2.05, 4.69) is 158 Å². The maximum atomic E-state index is 2.39. The fourth-order valence-corrected chi connectivity index (χ4v) is 9.40. The molecule has 0 radical (unpaired) electrons. The molecule has 46 heavy (non-hydrogen) atoms. The van der Waals surface area contributed by atoms with Crippen LogP contribution < -0.4 is 0 Å². The molecule has 0 bridgehead atoms. The van der Waals surface area contributed by atoms with Gasteiger partial charge in [0.15, 0.2) is 0 Å². The quantitative estimate of drug-likeness (QED) is 0.136. The molecule has 0 fully saturated rings. The molecule has 2 aromatic heterocycles. The molecule has 0 nitrogen and oxygen atoms in total. The zero-order valence-corrected chi connectivity index (χ0v) is 26.5. The second-order valence-electron chi connectivity index (χ2n) is 12.1. The number of fused-ring (bicyclic) bond motifs is 8. The van der Waals surface area contributed by atoms with Gasteiger partial charge in [-0.15, -0.1) is 22.7 Å². The zero-order chi connectivity index (χ0) is 30.2. The van der Waals surface area contributed by atoms with E-state index in [0.29, 0.717) is 0 Å². The Morgan fingerprint density at radius 3 is 1.39 bits per heavy atom. The van der Waals surface area contributed by atoms with Crippen LogP contribution in [0.2, 0.25) is 0 Å². The molecule has 0 atom stereocenters. The fraction of sp³-hybridized carbons (Fsp3) is 0. The summed E-state index contributed by atoms with van der Waals surface area (Å²) in [5.74, 6) is 0. The first-order chi connectivity index (χ1) is 22.8. The Morgan fingerprint density at radius 2 is 0.717 bits per heavy atom. The van der Waals surface area contributed by atoms with E-state index in [9.17, 15) is 0 Å². The van der Waals surface area contributed by atoms with Crippen LogP contribution in [-0.2, 0) is 0 Å². The number of benzene rings is 8. The van der Waals surface area contributed by atoms with Crippen LogP contribution in [0.4, 0.5) is 0 Å². The molecule has 0 N–H and O–H groups in total. The highest BCUT2D eigenvalue weighted by Crippen LogP contribution is 2.45. The third-order valence-electron chi connectivity index (χ3n) is 9.45. The van der Waals surface area contributed by atoms with Crippen molar-refractivity contribution in [3.63, 3.8) is 0 Å². The zero-order valence-electron chi connectivity index (χ0n) is 24.8. The van der Waals surface area contributed by atoms with Gasteiger partial charge in [-0.25, -0.2) is 0 Å². The Kier molecular flexibility index (Phi) is 5.72. The van der Waals surface area contributed by atoms with Gasteiger partial charge in [0.05, 0.1) is 0 Å². The van der Waals surface area contributed by atoms with E-state index in [4.69, 9.17) is 0 Å². The number of rotatable bonds is 3. The molecule has 0 aliphatic rings. The van der Waals surface area contributed by atoms with E-state index in [1.165, 1.54) is 95.3 Å². The van der Waals surface area contributed by atoms with Crippen LogP contribution in [0, 0.1) is 0 Å². The van der Waals surface area contributed by atoms with E-state index in [0.717, 1.165) is 0 Å². The highest BCUT2D eigenvalue weighted by Gasteiger charge is 2.15. The summed E-state index contributed by atoms with van der Waals surface area (Å²) in [5, 5.41) is 15.6.